The van der Waals surface area contributed by atoms with Crippen LogP contribution in [0.5, 0.6) is 0 Å². The Hall–Kier alpha value is -2.34. The smallest absolute Gasteiger partial charge is 0.246 e. The molecule has 2 aromatic rings. The molecule has 1 amide bonds. The van der Waals surface area contributed by atoms with E-state index in [1.165, 1.54) is 19.3 Å². The number of benzene rings is 1. The van der Waals surface area contributed by atoms with Crippen molar-refractivity contribution in [2.75, 3.05) is 41.4 Å². The summed E-state index contributed by atoms with van der Waals surface area (Å²) in [6, 6.07) is 7.39. The standard InChI is InChI=1S/C19H22ClN5O/c1-23-12-17(26)25(15-7-5-14(20)6-8-15)11-16-18(23)21-13-22-19(16)24-9-3-2-4-10-24/h5-8,13H,2-4,9-12H2,1H3. The lowest BCUT2D eigenvalue weighted by molar-refractivity contribution is -0.117. The maximum atomic E-state index is 12.9. The molecule has 0 bridgehead atoms. The Morgan fingerprint density at radius 1 is 0.962 bits per heavy atom. The zero-order chi connectivity index (χ0) is 18.1. The lowest BCUT2D eigenvalue weighted by Crippen LogP contribution is -2.36. The van der Waals surface area contributed by atoms with Crippen LogP contribution < -0.4 is 14.7 Å². The van der Waals surface area contributed by atoms with E-state index in [9.17, 15) is 4.79 Å². The number of anilines is 3. The number of likely N-dealkylation sites (N-methyl/N-ethyl adjacent to an activating group) is 1. The number of aromatic nitrogens is 2. The van der Waals surface area contributed by atoms with Gasteiger partial charge in [-0.15, -0.1) is 0 Å². The summed E-state index contributed by atoms with van der Waals surface area (Å²) in [5.41, 5.74) is 1.85. The van der Waals surface area contributed by atoms with Gasteiger partial charge in [0.2, 0.25) is 5.91 Å². The molecule has 0 atom stereocenters. The summed E-state index contributed by atoms with van der Waals surface area (Å²) in [4.78, 5) is 28.0. The zero-order valence-corrected chi connectivity index (χ0v) is 15.6. The van der Waals surface area contributed by atoms with E-state index in [4.69, 9.17) is 11.6 Å². The predicted molar refractivity (Wildman–Crippen MR) is 104 cm³/mol. The van der Waals surface area contributed by atoms with Crippen molar-refractivity contribution in [1.82, 2.24) is 9.97 Å². The van der Waals surface area contributed by atoms with Gasteiger partial charge in [-0.1, -0.05) is 11.6 Å². The fraction of sp³-hybridized carbons (Fsp3) is 0.421. The van der Waals surface area contributed by atoms with Crippen molar-refractivity contribution in [3.05, 3.63) is 41.2 Å². The first-order valence-corrected chi connectivity index (χ1v) is 9.37. The van der Waals surface area contributed by atoms with Crippen molar-refractivity contribution in [2.45, 2.75) is 25.8 Å². The topological polar surface area (TPSA) is 52.6 Å². The van der Waals surface area contributed by atoms with Crippen LogP contribution in [0.25, 0.3) is 0 Å². The highest BCUT2D eigenvalue weighted by Gasteiger charge is 2.29. The van der Waals surface area contributed by atoms with Gasteiger partial charge < -0.3 is 14.7 Å². The molecule has 6 nitrogen and oxygen atoms in total. The van der Waals surface area contributed by atoms with Crippen LogP contribution >= 0.6 is 11.6 Å². The summed E-state index contributed by atoms with van der Waals surface area (Å²) in [6.45, 7) is 2.75. The maximum absolute atomic E-state index is 12.9. The fourth-order valence-electron chi connectivity index (χ4n) is 3.71. The molecule has 1 saturated heterocycles. The largest absolute Gasteiger partial charge is 0.356 e. The summed E-state index contributed by atoms with van der Waals surface area (Å²) >= 11 is 6.01. The Labute approximate surface area is 158 Å². The number of piperidine rings is 1. The number of rotatable bonds is 2. The van der Waals surface area contributed by atoms with Crippen molar-refractivity contribution in [3.8, 4) is 0 Å². The average molecular weight is 372 g/mol. The highest BCUT2D eigenvalue weighted by molar-refractivity contribution is 6.30. The fourth-order valence-corrected chi connectivity index (χ4v) is 3.83. The zero-order valence-electron chi connectivity index (χ0n) is 14.9. The van der Waals surface area contributed by atoms with Crippen molar-refractivity contribution in [3.63, 3.8) is 0 Å². The number of amides is 1. The molecule has 4 rings (SSSR count). The van der Waals surface area contributed by atoms with E-state index in [1.54, 1.807) is 11.2 Å². The number of carbonyl (C=O) groups excluding carboxylic acids is 1. The van der Waals surface area contributed by atoms with Crippen LogP contribution in [0, 0.1) is 0 Å². The van der Waals surface area contributed by atoms with Crippen LogP contribution in [-0.2, 0) is 11.3 Å². The van der Waals surface area contributed by atoms with Gasteiger partial charge in [-0.2, -0.15) is 0 Å². The summed E-state index contributed by atoms with van der Waals surface area (Å²) in [6.07, 6.45) is 5.23. The number of fused-ring (bicyclic) bond motifs is 1. The van der Waals surface area contributed by atoms with Crippen LogP contribution in [0.4, 0.5) is 17.3 Å². The molecule has 26 heavy (non-hydrogen) atoms. The van der Waals surface area contributed by atoms with E-state index in [0.29, 0.717) is 11.6 Å². The Morgan fingerprint density at radius 2 is 1.65 bits per heavy atom. The second-order valence-electron chi connectivity index (χ2n) is 6.86. The monoisotopic (exact) mass is 371 g/mol. The van der Waals surface area contributed by atoms with E-state index >= 15 is 0 Å². The highest BCUT2D eigenvalue weighted by Crippen LogP contribution is 2.33. The Kier molecular flexibility index (Phi) is 4.68. The molecule has 2 aliphatic rings. The molecule has 3 heterocycles. The molecule has 136 valence electrons. The average Bonchev–Trinajstić information content (AvgIpc) is 2.79. The summed E-state index contributed by atoms with van der Waals surface area (Å²) in [7, 11) is 1.91. The van der Waals surface area contributed by atoms with Crippen LogP contribution in [0.2, 0.25) is 5.02 Å². The van der Waals surface area contributed by atoms with Gasteiger partial charge in [0.05, 0.1) is 18.7 Å². The number of hydrogen-bond donors (Lipinski definition) is 0. The maximum Gasteiger partial charge on any atom is 0.246 e. The van der Waals surface area contributed by atoms with E-state index in [2.05, 4.69) is 14.9 Å². The van der Waals surface area contributed by atoms with Crippen molar-refractivity contribution < 1.29 is 4.79 Å². The van der Waals surface area contributed by atoms with E-state index in [1.807, 2.05) is 36.2 Å². The molecule has 1 fully saturated rings. The molecule has 0 radical (unpaired) electrons. The van der Waals surface area contributed by atoms with E-state index in [-0.39, 0.29) is 12.5 Å². The Balaban J connectivity index is 1.75. The van der Waals surface area contributed by atoms with E-state index < -0.39 is 0 Å². The Bertz CT molecular complexity index is 804. The molecule has 0 unspecified atom stereocenters. The molecular formula is C19H22ClN5O. The molecule has 0 N–H and O–H groups in total. The molecule has 7 heteroatoms. The molecule has 2 aliphatic heterocycles. The van der Waals surface area contributed by atoms with Gasteiger partial charge in [0.25, 0.3) is 0 Å². The molecule has 0 spiro atoms. The van der Waals surface area contributed by atoms with Crippen LogP contribution in [-0.4, -0.2) is 42.6 Å². The quantitative estimate of drug-likeness (QED) is 0.811. The minimum absolute atomic E-state index is 0.0393. The van der Waals surface area contributed by atoms with Gasteiger partial charge >= 0.3 is 0 Å². The summed E-state index contributed by atoms with van der Waals surface area (Å²) in [5.74, 6) is 1.83. The summed E-state index contributed by atoms with van der Waals surface area (Å²) in [5, 5.41) is 0.658. The molecule has 0 aliphatic carbocycles. The first-order valence-electron chi connectivity index (χ1n) is 8.99. The number of nitrogens with zero attached hydrogens (tertiary/aromatic N) is 5. The van der Waals surface area contributed by atoms with Gasteiger partial charge in [-0.25, -0.2) is 9.97 Å². The second kappa shape index (κ2) is 7.11. The lowest BCUT2D eigenvalue weighted by Gasteiger charge is -2.30. The van der Waals surface area contributed by atoms with Crippen LogP contribution in [0.15, 0.2) is 30.6 Å². The predicted octanol–water partition coefficient (Wildman–Crippen LogP) is 3.10. The lowest BCUT2D eigenvalue weighted by atomic mass is 10.1. The normalized spacial score (nSPS) is 17.9. The van der Waals surface area contributed by atoms with Crippen molar-refractivity contribution in [1.29, 1.82) is 0 Å². The van der Waals surface area contributed by atoms with Crippen molar-refractivity contribution >= 4 is 34.8 Å². The third kappa shape index (κ3) is 3.21. The third-order valence-corrected chi connectivity index (χ3v) is 5.30. The van der Waals surface area contributed by atoms with Gasteiger partial charge in [0.15, 0.2) is 0 Å². The number of hydrogen-bond acceptors (Lipinski definition) is 5. The van der Waals surface area contributed by atoms with Crippen LogP contribution in [0.1, 0.15) is 24.8 Å². The van der Waals surface area contributed by atoms with Gasteiger partial charge in [0.1, 0.15) is 18.0 Å². The van der Waals surface area contributed by atoms with Crippen LogP contribution in [0.3, 0.4) is 0 Å². The minimum Gasteiger partial charge on any atom is -0.356 e. The summed E-state index contributed by atoms with van der Waals surface area (Å²) < 4.78 is 0. The number of halogens is 1. The first kappa shape index (κ1) is 17.1. The Morgan fingerprint density at radius 3 is 2.38 bits per heavy atom. The minimum atomic E-state index is 0.0393. The first-order chi connectivity index (χ1) is 12.6. The van der Waals surface area contributed by atoms with E-state index in [0.717, 1.165) is 36.0 Å². The number of carbonyl (C=O) groups is 1. The SMILES string of the molecule is CN1CC(=O)N(c2ccc(Cl)cc2)Cc2c1ncnc2N1CCCCC1. The van der Waals surface area contributed by atoms with Crippen molar-refractivity contribution in [2.24, 2.45) is 0 Å². The van der Waals surface area contributed by atoms with Gasteiger partial charge in [0, 0.05) is 30.8 Å². The molecule has 0 saturated carbocycles. The molecule has 1 aromatic carbocycles. The molecule has 1 aromatic heterocycles. The third-order valence-electron chi connectivity index (χ3n) is 5.05. The second-order valence-corrected chi connectivity index (χ2v) is 7.30. The molecular weight excluding hydrogens is 350 g/mol. The van der Waals surface area contributed by atoms with Gasteiger partial charge in [-0.3, -0.25) is 4.79 Å². The highest BCUT2D eigenvalue weighted by atomic mass is 35.5. The van der Waals surface area contributed by atoms with Gasteiger partial charge in [-0.05, 0) is 43.5 Å².